The van der Waals surface area contributed by atoms with Gasteiger partial charge in [-0.05, 0) is 6.07 Å². The van der Waals surface area contributed by atoms with Crippen LogP contribution in [0.4, 0.5) is 0 Å². The van der Waals surface area contributed by atoms with Gasteiger partial charge < -0.3 is 10.4 Å². The van der Waals surface area contributed by atoms with E-state index < -0.39 is 0 Å². The monoisotopic (exact) mass is 152 g/mol. The van der Waals surface area contributed by atoms with E-state index in [-0.39, 0.29) is 17.4 Å². The Labute approximate surface area is 63.9 Å². The molecule has 4 nitrogen and oxygen atoms in total. The summed E-state index contributed by atoms with van der Waals surface area (Å²) >= 11 is 0. The SMILES string of the molecule is CNC(=O)c1cc(O)ccn1. The maximum atomic E-state index is 10.9. The average Bonchev–Trinajstić information content (AvgIpc) is 2.03. The molecule has 0 atom stereocenters. The molecule has 0 aliphatic carbocycles. The van der Waals surface area contributed by atoms with Crippen molar-refractivity contribution in [1.82, 2.24) is 10.3 Å². The van der Waals surface area contributed by atoms with E-state index in [0.717, 1.165) is 0 Å². The lowest BCUT2D eigenvalue weighted by molar-refractivity contribution is 0.0957. The molecule has 0 radical (unpaired) electrons. The van der Waals surface area contributed by atoms with Crippen molar-refractivity contribution in [3.8, 4) is 5.75 Å². The molecule has 1 aromatic heterocycles. The van der Waals surface area contributed by atoms with Crippen molar-refractivity contribution < 1.29 is 9.90 Å². The number of pyridine rings is 1. The molecule has 0 aromatic carbocycles. The van der Waals surface area contributed by atoms with E-state index in [1.807, 2.05) is 0 Å². The Morgan fingerprint density at radius 1 is 1.73 bits per heavy atom. The summed E-state index contributed by atoms with van der Waals surface area (Å²) in [6.45, 7) is 0. The number of carbonyl (C=O) groups is 1. The normalized spacial score (nSPS) is 9.18. The summed E-state index contributed by atoms with van der Waals surface area (Å²) in [7, 11) is 1.51. The number of hydrogen-bond acceptors (Lipinski definition) is 3. The number of nitrogens with one attached hydrogen (secondary N) is 1. The maximum Gasteiger partial charge on any atom is 0.269 e. The zero-order chi connectivity index (χ0) is 8.27. The van der Waals surface area contributed by atoms with E-state index in [4.69, 9.17) is 5.11 Å². The summed E-state index contributed by atoms with van der Waals surface area (Å²) in [5.74, 6) is -0.264. The minimum atomic E-state index is -0.305. The van der Waals surface area contributed by atoms with Crippen molar-refractivity contribution in [2.24, 2.45) is 0 Å². The minimum absolute atomic E-state index is 0.0404. The summed E-state index contributed by atoms with van der Waals surface area (Å²) < 4.78 is 0. The quantitative estimate of drug-likeness (QED) is 0.602. The van der Waals surface area contributed by atoms with Gasteiger partial charge in [0.05, 0.1) is 0 Å². The third-order valence-electron chi connectivity index (χ3n) is 1.20. The molecular weight excluding hydrogens is 144 g/mol. The van der Waals surface area contributed by atoms with Gasteiger partial charge in [-0.15, -0.1) is 0 Å². The Balaban J connectivity index is 2.96. The van der Waals surface area contributed by atoms with E-state index >= 15 is 0 Å². The highest BCUT2D eigenvalue weighted by Gasteiger charge is 2.03. The fourth-order valence-electron chi connectivity index (χ4n) is 0.672. The molecule has 0 saturated heterocycles. The van der Waals surface area contributed by atoms with Crippen LogP contribution < -0.4 is 5.32 Å². The molecule has 1 rings (SSSR count). The highest BCUT2D eigenvalue weighted by atomic mass is 16.3. The lowest BCUT2D eigenvalue weighted by Gasteiger charge is -1.97. The molecule has 0 fully saturated rings. The Bertz CT molecular complexity index is 273. The van der Waals surface area contributed by atoms with Gasteiger partial charge in [-0.2, -0.15) is 0 Å². The predicted molar refractivity (Wildman–Crippen MR) is 39.3 cm³/mol. The molecule has 1 amide bonds. The number of carbonyl (C=O) groups excluding carboxylic acids is 1. The van der Waals surface area contributed by atoms with Gasteiger partial charge in [-0.25, -0.2) is 0 Å². The van der Waals surface area contributed by atoms with Crippen LogP contribution in [0.25, 0.3) is 0 Å². The van der Waals surface area contributed by atoms with Crippen molar-refractivity contribution in [2.75, 3.05) is 7.05 Å². The van der Waals surface area contributed by atoms with Crippen LogP contribution in [0.3, 0.4) is 0 Å². The second-order valence-corrected chi connectivity index (χ2v) is 1.98. The van der Waals surface area contributed by atoms with Gasteiger partial charge in [0, 0.05) is 19.3 Å². The minimum Gasteiger partial charge on any atom is -0.508 e. The van der Waals surface area contributed by atoms with Gasteiger partial charge in [0.15, 0.2) is 0 Å². The fraction of sp³-hybridized carbons (Fsp3) is 0.143. The Morgan fingerprint density at radius 3 is 3.00 bits per heavy atom. The Hall–Kier alpha value is -1.58. The second kappa shape index (κ2) is 3.01. The van der Waals surface area contributed by atoms with Gasteiger partial charge in [0.1, 0.15) is 11.4 Å². The van der Waals surface area contributed by atoms with Crippen LogP contribution in [0.5, 0.6) is 5.75 Å². The molecule has 1 heterocycles. The second-order valence-electron chi connectivity index (χ2n) is 1.98. The lowest BCUT2D eigenvalue weighted by Crippen LogP contribution is -2.18. The molecule has 0 aliphatic rings. The number of aromatic nitrogens is 1. The number of hydrogen-bond donors (Lipinski definition) is 2. The largest absolute Gasteiger partial charge is 0.508 e. The van der Waals surface area contributed by atoms with Crippen LogP contribution in [0.1, 0.15) is 10.5 Å². The third kappa shape index (κ3) is 1.67. The van der Waals surface area contributed by atoms with Gasteiger partial charge in [0.25, 0.3) is 5.91 Å². The molecule has 0 saturated carbocycles. The Kier molecular flexibility index (Phi) is 2.06. The molecule has 4 heteroatoms. The van der Waals surface area contributed by atoms with Crippen molar-refractivity contribution in [3.63, 3.8) is 0 Å². The van der Waals surface area contributed by atoms with E-state index in [1.165, 1.54) is 25.4 Å². The molecule has 58 valence electrons. The molecule has 0 unspecified atom stereocenters. The maximum absolute atomic E-state index is 10.9. The van der Waals surface area contributed by atoms with Gasteiger partial charge in [-0.1, -0.05) is 0 Å². The van der Waals surface area contributed by atoms with Crippen LogP contribution in [0, 0.1) is 0 Å². The number of rotatable bonds is 1. The highest BCUT2D eigenvalue weighted by molar-refractivity contribution is 5.92. The lowest BCUT2D eigenvalue weighted by atomic mass is 10.3. The summed E-state index contributed by atoms with van der Waals surface area (Å²) in [6, 6.07) is 2.71. The van der Waals surface area contributed by atoms with Gasteiger partial charge in [-0.3, -0.25) is 9.78 Å². The number of aromatic hydroxyl groups is 1. The molecule has 2 N–H and O–H groups in total. The van der Waals surface area contributed by atoms with Crippen LogP contribution in [0.2, 0.25) is 0 Å². The van der Waals surface area contributed by atoms with E-state index in [2.05, 4.69) is 10.3 Å². The van der Waals surface area contributed by atoms with Crippen molar-refractivity contribution in [2.45, 2.75) is 0 Å². The molecular formula is C7H8N2O2. The fourth-order valence-corrected chi connectivity index (χ4v) is 0.672. The Morgan fingerprint density at radius 2 is 2.45 bits per heavy atom. The summed E-state index contributed by atoms with van der Waals surface area (Å²) in [4.78, 5) is 14.6. The predicted octanol–water partition coefficient (Wildman–Crippen LogP) is 0.147. The van der Waals surface area contributed by atoms with E-state index in [1.54, 1.807) is 0 Å². The summed E-state index contributed by atoms with van der Waals surface area (Å²) in [5.41, 5.74) is 0.215. The van der Waals surface area contributed by atoms with Crippen molar-refractivity contribution in [3.05, 3.63) is 24.0 Å². The third-order valence-corrected chi connectivity index (χ3v) is 1.20. The smallest absolute Gasteiger partial charge is 0.269 e. The van der Waals surface area contributed by atoms with Crippen LogP contribution in [-0.2, 0) is 0 Å². The van der Waals surface area contributed by atoms with Gasteiger partial charge >= 0.3 is 0 Å². The first-order valence-electron chi connectivity index (χ1n) is 3.11. The average molecular weight is 152 g/mol. The standard InChI is InChI=1S/C7H8N2O2/c1-8-7(11)6-4-5(10)2-3-9-6/h2-4H,1H3,(H,8,11)(H,9,10). The molecule has 1 aromatic rings. The number of nitrogens with zero attached hydrogens (tertiary/aromatic N) is 1. The van der Waals surface area contributed by atoms with Crippen molar-refractivity contribution in [1.29, 1.82) is 0 Å². The zero-order valence-corrected chi connectivity index (χ0v) is 6.03. The first-order chi connectivity index (χ1) is 5.24. The van der Waals surface area contributed by atoms with E-state index in [0.29, 0.717) is 0 Å². The molecule has 0 aliphatic heterocycles. The molecule has 11 heavy (non-hydrogen) atoms. The number of amides is 1. The van der Waals surface area contributed by atoms with E-state index in [9.17, 15) is 4.79 Å². The van der Waals surface area contributed by atoms with Crippen LogP contribution in [0.15, 0.2) is 18.3 Å². The summed E-state index contributed by atoms with van der Waals surface area (Å²) in [5, 5.41) is 11.3. The van der Waals surface area contributed by atoms with Crippen LogP contribution >= 0.6 is 0 Å². The zero-order valence-electron chi connectivity index (χ0n) is 6.03. The molecule has 0 spiro atoms. The topological polar surface area (TPSA) is 62.2 Å². The van der Waals surface area contributed by atoms with Crippen molar-refractivity contribution >= 4 is 5.91 Å². The highest BCUT2D eigenvalue weighted by Crippen LogP contribution is 2.06. The first-order valence-corrected chi connectivity index (χ1v) is 3.11. The summed E-state index contributed by atoms with van der Waals surface area (Å²) in [6.07, 6.45) is 1.37. The van der Waals surface area contributed by atoms with Gasteiger partial charge in [0.2, 0.25) is 0 Å². The molecule has 0 bridgehead atoms. The van der Waals surface area contributed by atoms with Crippen LogP contribution in [-0.4, -0.2) is 23.0 Å². The first kappa shape index (κ1) is 7.53.